The Morgan fingerprint density at radius 1 is 1.14 bits per heavy atom. The van der Waals surface area contributed by atoms with Crippen molar-refractivity contribution in [3.05, 3.63) is 12.5 Å². The maximum atomic E-state index is 6.49. The molecule has 6 nitrogen and oxygen atoms in total. The third-order valence-electron chi connectivity index (χ3n) is 4.87. The molecule has 0 amide bonds. The lowest BCUT2D eigenvalue weighted by molar-refractivity contribution is -0.148. The lowest BCUT2D eigenvalue weighted by Crippen LogP contribution is -2.59. The van der Waals surface area contributed by atoms with Gasteiger partial charge in [0.1, 0.15) is 12.1 Å². The number of rotatable bonds is 1. The molecule has 1 spiro atoms. The molecule has 0 bridgehead atoms. The Hall–Kier alpha value is -1.69. The van der Waals surface area contributed by atoms with Crippen LogP contribution in [0.25, 0.3) is 11.0 Å². The standard InChI is InChI=1S/C16H23N5O/c1-15(2)9-21(10-16(22-15)6-4-5-7-16)14-12-8-19-20(3)13(12)17-11-18-14/h8,11H,4-7,9-10H2,1-3H3. The van der Waals surface area contributed by atoms with Crippen LogP contribution in [-0.4, -0.2) is 44.0 Å². The summed E-state index contributed by atoms with van der Waals surface area (Å²) in [6.45, 7) is 6.12. The van der Waals surface area contributed by atoms with Crippen molar-refractivity contribution in [2.24, 2.45) is 7.05 Å². The molecule has 2 aromatic heterocycles. The molecular formula is C16H23N5O. The van der Waals surface area contributed by atoms with Crippen molar-refractivity contribution in [2.75, 3.05) is 18.0 Å². The molecule has 0 radical (unpaired) electrons. The third-order valence-corrected chi connectivity index (χ3v) is 4.87. The average Bonchev–Trinajstić information content (AvgIpc) is 3.04. The number of fused-ring (bicyclic) bond motifs is 1. The predicted molar refractivity (Wildman–Crippen MR) is 84.9 cm³/mol. The van der Waals surface area contributed by atoms with Gasteiger partial charge in [-0.05, 0) is 26.7 Å². The largest absolute Gasteiger partial charge is 0.365 e. The molecule has 2 fully saturated rings. The first kappa shape index (κ1) is 13.9. The number of aryl methyl sites for hydroxylation is 1. The van der Waals surface area contributed by atoms with Gasteiger partial charge in [0.2, 0.25) is 0 Å². The molecule has 1 saturated heterocycles. The summed E-state index contributed by atoms with van der Waals surface area (Å²) in [5.41, 5.74) is 0.707. The van der Waals surface area contributed by atoms with E-state index in [0.717, 1.165) is 42.8 Å². The van der Waals surface area contributed by atoms with E-state index in [4.69, 9.17) is 4.74 Å². The van der Waals surface area contributed by atoms with E-state index < -0.39 is 0 Å². The number of ether oxygens (including phenoxy) is 1. The van der Waals surface area contributed by atoms with Crippen LogP contribution in [0.5, 0.6) is 0 Å². The van der Waals surface area contributed by atoms with Crippen molar-refractivity contribution in [3.63, 3.8) is 0 Å². The minimum atomic E-state index is -0.165. The van der Waals surface area contributed by atoms with Gasteiger partial charge in [-0.15, -0.1) is 0 Å². The summed E-state index contributed by atoms with van der Waals surface area (Å²) < 4.78 is 8.29. The SMILES string of the molecule is Cn1ncc2c(N3CC(C)(C)OC4(CCCC4)C3)ncnc21. The van der Waals surface area contributed by atoms with E-state index in [1.54, 1.807) is 11.0 Å². The zero-order chi connectivity index (χ0) is 15.4. The van der Waals surface area contributed by atoms with Crippen molar-refractivity contribution in [1.82, 2.24) is 19.7 Å². The van der Waals surface area contributed by atoms with Crippen LogP contribution in [-0.2, 0) is 11.8 Å². The monoisotopic (exact) mass is 301 g/mol. The molecule has 6 heteroatoms. The molecule has 1 aliphatic heterocycles. The first-order valence-electron chi connectivity index (χ1n) is 8.06. The molecular weight excluding hydrogens is 278 g/mol. The number of hydrogen-bond acceptors (Lipinski definition) is 5. The summed E-state index contributed by atoms with van der Waals surface area (Å²) in [4.78, 5) is 11.3. The molecule has 22 heavy (non-hydrogen) atoms. The van der Waals surface area contributed by atoms with Crippen LogP contribution in [0.2, 0.25) is 0 Å². The average molecular weight is 301 g/mol. The Morgan fingerprint density at radius 3 is 2.68 bits per heavy atom. The number of morpholine rings is 1. The van der Waals surface area contributed by atoms with Gasteiger partial charge < -0.3 is 9.64 Å². The van der Waals surface area contributed by atoms with Crippen LogP contribution in [0.4, 0.5) is 5.82 Å². The highest BCUT2D eigenvalue weighted by Gasteiger charge is 2.46. The summed E-state index contributed by atoms with van der Waals surface area (Å²) in [5, 5.41) is 5.36. The van der Waals surface area contributed by atoms with Crippen LogP contribution >= 0.6 is 0 Å². The van der Waals surface area contributed by atoms with Crippen LogP contribution in [0, 0.1) is 0 Å². The minimum absolute atomic E-state index is 0.0127. The Morgan fingerprint density at radius 2 is 1.91 bits per heavy atom. The fourth-order valence-electron chi connectivity index (χ4n) is 4.15. The van der Waals surface area contributed by atoms with E-state index in [2.05, 4.69) is 33.8 Å². The number of aromatic nitrogens is 4. The molecule has 1 aliphatic carbocycles. The molecule has 0 atom stereocenters. The van der Waals surface area contributed by atoms with Crippen molar-refractivity contribution in [2.45, 2.75) is 50.7 Å². The Bertz CT molecular complexity index is 702. The quantitative estimate of drug-likeness (QED) is 0.809. The Kier molecular flexibility index (Phi) is 2.95. The van der Waals surface area contributed by atoms with Crippen LogP contribution < -0.4 is 4.90 Å². The third kappa shape index (κ3) is 2.17. The van der Waals surface area contributed by atoms with Gasteiger partial charge >= 0.3 is 0 Å². The lowest BCUT2D eigenvalue weighted by Gasteiger charge is -2.49. The summed E-state index contributed by atoms with van der Waals surface area (Å²) in [5.74, 6) is 0.987. The van der Waals surface area contributed by atoms with Gasteiger partial charge in [0.25, 0.3) is 0 Å². The fourth-order valence-corrected chi connectivity index (χ4v) is 4.15. The second kappa shape index (κ2) is 4.65. The van der Waals surface area contributed by atoms with Crippen molar-refractivity contribution in [1.29, 1.82) is 0 Å². The van der Waals surface area contributed by atoms with Crippen molar-refractivity contribution >= 4 is 16.9 Å². The van der Waals surface area contributed by atoms with Gasteiger partial charge in [-0.1, -0.05) is 12.8 Å². The van der Waals surface area contributed by atoms with Gasteiger partial charge in [0, 0.05) is 20.1 Å². The summed E-state index contributed by atoms with van der Waals surface area (Å²) in [6.07, 6.45) is 8.33. The second-order valence-electron chi connectivity index (χ2n) is 7.31. The number of nitrogens with zero attached hydrogens (tertiary/aromatic N) is 5. The van der Waals surface area contributed by atoms with Crippen LogP contribution in [0.1, 0.15) is 39.5 Å². The summed E-state index contributed by atoms with van der Waals surface area (Å²) >= 11 is 0. The van der Waals surface area contributed by atoms with Crippen LogP contribution in [0.3, 0.4) is 0 Å². The van der Waals surface area contributed by atoms with E-state index in [0.29, 0.717) is 0 Å². The van der Waals surface area contributed by atoms with E-state index in [9.17, 15) is 0 Å². The van der Waals surface area contributed by atoms with Crippen molar-refractivity contribution in [3.8, 4) is 0 Å². The Labute approximate surface area is 130 Å². The van der Waals surface area contributed by atoms with E-state index in [-0.39, 0.29) is 11.2 Å². The van der Waals surface area contributed by atoms with Gasteiger partial charge in [-0.3, -0.25) is 4.68 Å². The maximum Gasteiger partial charge on any atom is 0.163 e. The first-order valence-corrected chi connectivity index (χ1v) is 8.06. The highest BCUT2D eigenvalue weighted by Crippen LogP contribution is 2.42. The van der Waals surface area contributed by atoms with E-state index in [1.165, 1.54) is 12.8 Å². The van der Waals surface area contributed by atoms with Crippen LogP contribution in [0.15, 0.2) is 12.5 Å². The molecule has 0 unspecified atom stereocenters. The van der Waals surface area contributed by atoms with Gasteiger partial charge in [-0.2, -0.15) is 5.10 Å². The summed E-state index contributed by atoms with van der Waals surface area (Å²) in [7, 11) is 1.92. The van der Waals surface area contributed by atoms with E-state index in [1.807, 2.05) is 13.2 Å². The van der Waals surface area contributed by atoms with E-state index >= 15 is 0 Å². The highest BCUT2D eigenvalue weighted by atomic mass is 16.5. The lowest BCUT2D eigenvalue weighted by atomic mass is 9.94. The predicted octanol–water partition coefficient (Wildman–Crippen LogP) is 2.29. The highest BCUT2D eigenvalue weighted by molar-refractivity contribution is 5.86. The maximum absolute atomic E-state index is 6.49. The molecule has 2 aliphatic rings. The number of hydrogen-bond donors (Lipinski definition) is 0. The molecule has 118 valence electrons. The molecule has 1 saturated carbocycles. The fraction of sp³-hybridized carbons (Fsp3) is 0.688. The normalized spacial score (nSPS) is 23.5. The molecule has 3 heterocycles. The molecule has 0 aromatic carbocycles. The topological polar surface area (TPSA) is 56.1 Å². The second-order valence-corrected chi connectivity index (χ2v) is 7.31. The Balaban J connectivity index is 1.76. The first-order chi connectivity index (χ1) is 10.5. The van der Waals surface area contributed by atoms with Gasteiger partial charge in [-0.25, -0.2) is 9.97 Å². The smallest absolute Gasteiger partial charge is 0.163 e. The summed E-state index contributed by atoms with van der Waals surface area (Å²) in [6, 6.07) is 0. The number of anilines is 1. The molecule has 0 N–H and O–H groups in total. The minimum Gasteiger partial charge on any atom is -0.365 e. The van der Waals surface area contributed by atoms with Gasteiger partial charge in [0.05, 0.1) is 22.8 Å². The molecule has 2 aromatic rings. The molecule has 4 rings (SSSR count). The zero-order valence-electron chi connectivity index (χ0n) is 13.5. The van der Waals surface area contributed by atoms with Crippen molar-refractivity contribution < 1.29 is 4.74 Å². The van der Waals surface area contributed by atoms with Gasteiger partial charge in [0.15, 0.2) is 5.65 Å². The zero-order valence-corrected chi connectivity index (χ0v) is 13.5.